The Morgan fingerprint density at radius 1 is 1.07 bits per heavy atom. The number of fused-ring (bicyclic) bond motifs is 3. The van der Waals surface area contributed by atoms with Crippen LogP contribution in [0.3, 0.4) is 0 Å². The molecule has 5 atom stereocenters. The minimum atomic E-state index is -2.65. The monoisotopic (exact) mass is 548 g/mol. The molecule has 3 aliphatic carbocycles. The number of carbonyl (C=O) groups excluding carboxylic acids is 5. The van der Waals surface area contributed by atoms with Crippen LogP contribution >= 0.6 is 0 Å². The number of hydrogen-bond donors (Lipinski definition) is 4. The number of primary amides is 1. The van der Waals surface area contributed by atoms with Crippen LogP contribution < -0.4 is 15.8 Å². The van der Waals surface area contributed by atoms with Gasteiger partial charge >= 0.3 is 0 Å². The molecule has 2 unspecified atom stereocenters. The molecule has 0 aliphatic heterocycles. The molecule has 0 radical (unpaired) electrons. The number of ether oxygens (including phenoxy) is 1. The van der Waals surface area contributed by atoms with Crippen molar-refractivity contribution in [2.75, 3.05) is 7.11 Å². The van der Waals surface area contributed by atoms with E-state index < -0.39 is 58.3 Å². The molecule has 40 heavy (non-hydrogen) atoms. The Labute approximate surface area is 230 Å². The van der Waals surface area contributed by atoms with Crippen LogP contribution in [0.5, 0.6) is 11.5 Å². The van der Waals surface area contributed by atoms with Crippen molar-refractivity contribution < 1.29 is 38.9 Å². The second-order valence-electron chi connectivity index (χ2n) is 10.9. The molecule has 2 fully saturated rings. The van der Waals surface area contributed by atoms with Crippen LogP contribution in [0.2, 0.25) is 0 Å². The predicted octanol–water partition coefficient (Wildman–Crippen LogP) is 1.19. The van der Waals surface area contributed by atoms with E-state index in [-0.39, 0.29) is 37.1 Å². The lowest BCUT2D eigenvalue weighted by Gasteiger charge is -2.48. The fourth-order valence-electron chi connectivity index (χ4n) is 6.80. The second kappa shape index (κ2) is 10.3. The lowest BCUT2D eigenvalue weighted by molar-refractivity contribution is -0.175. The Hall–Kier alpha value is -3.89. The molecule has 3 aliphatic rings. The quantitative estimate of drug-likeness (QED) is 0.371. The van der Waals surface area contributed by atoms with Crippen LogP contribution in [0.25, 0.3) is 0 Å². The zero-order valence-electron chi connectivity index (χ0n) is 22.4. The number of rotatable bonds is 7. The first-order chi connectivity index (χ1) is 19.0. The van der Waals surface area contributed by atoms with Crippen molar-refractivity contribution in [3.8, 4) is 11.5 Å². The lowest BCUT2D eigenvalue weighted by Crippen LogP contribution is -2.68. The van der Waals surface area contributed by atoms with Gasteiger partial charge in [0.05, 0.1) is 18.6 Å². The van der Waals surface area contributed by atoms with E-state index in [1.807, 2.05) is 37.3 Å². The van der Waals surface area contributed by atoms with E-state index in [2.05, 4.69) is 5.32 Å². The Morgan fingerprint density at radius 3 is 2.45 bits per heavy atom. The topological polar surface area (TPSA) is 173 Å². The van der Waals surface area contributed by atoms with Gasteiger partial charge in [0, 0.05) is 36.6 Å². The van der Waals surface area contributed by atoms with Crippen LogP contribution in [0.15, 0.2) is 30.3 Å². The van der Waals surface area contributed by atoms with Gasteiger partial charge in [0.15, 0.2) is 34.7 Å². The molecule has 5 N–H and O–H groups in total. The molecule has 0 aromatic heterocycles. The van der Waals surface area contributed by atoms with Crippen molar-refractivity contribution >= 4 is 29.0 Å². The summed E-state index contributed by atoms with van der Waals surface area (Å²) in [7, 11) is 1.58. The minimum absolute atomic E-state index is 0.0240. The second-order valence-corrected chi connectivity index (χ2v) is 10.9. The highest BCUT2D eigenvalue weighted by atomic mass is 16.5. The number of carbonyl (C=O) groups is 5. The van der Waals surface area contributed by atoms with Crippen molar-refractivity contribution in [2.45, 2.75) is 51.3 Å². The molecule has 10 nitrogen and oxygen atoms in total. The molecule has 5 rings (SSSR count). The van der Waals surface area contributed by atoms with E-state index >= 15 is 0 Å². The van der Waals surface area contributed by atoms with E-state index in [1.165, 1.54) is 0 Å². The van der Waals surface area contributed by atoms with Crippen LogP contribution in [0.4, 0.5) is 0 Å². The fourth-order valence-corrected chi connectivity index (χ4v) is 6.80. The number of hydrogen-bond acceptors (Lipinski definition) is 9. The van der Waals surface area contributed by atoms with Gasteiger partial charge in [-0.3, -0.25) is 24.0 Å². The highest BCUT2D eigenvalue weighted by Crippen LogP contribution is 2.50. The molecule has 1 amide bonds. The third-order valence-corrected chi connectivity index (χ3v) is 8.78. The molecular weight excluding hydrogens is 516 g/mol. The molecule has 0 bridgehead atoms. The first-order valence-corrected chi connectivity index (χ1v) is 13.4. The van der Waals surface area contributed by atoms with Crippen LogP contribution in [-0.4, -0.2) is 52.0 Å². The summed E-state index contributed by atoms with van der Waals surface area (Å²) >= 11 is 0. The maximum Gasteiger partial charge on any atom is 0.235 e. The number of nitrogens with two attached hydrogens (primary N) is 1. The standard InChI is InChI=1S/C30H32N2O8/c1-3-14-8-17(13-32-12-15-6-4-5-7-21(15)40-2)25(34)23-19(14)10-16-9-18-11-20(33)24(29(31)38)28(37)30(18,39)27(36)22(16)26(23)35/h4-8,16,18,22,24,32,34,39H,3,9-13H2,1-2H3,(H2,31,38)/t16-,18+,22?,24?,30+/m1/s1. The molecule has 10 heteroatoms. The van der Waals surface area contributed by atoms with Crippen molar-refractivity contribution in [2.24, 2.45) is 29.4 Å². The van der Waals surface area contributed by atoms with E-state index in [9.17, 15) is 34.2 Å². The molecule has 2 aromatic rings. The van der Waals surface area contributed by atoms with Gasteiger partial charge in [0.2, 0.25) is 5.91 Å². The van der Waals surface area contributed by atoms with Gasteiger partial charge in [-0.1, -0.05) is 31.2 Å². The van der Waals surface area contributed by atoms with Crippen LogP contribution in [0, 0.1) is 23.7 Å². The van der Waals surface area contributed by atoms with Gasteiger partial charge in [-0.25, -0.2) is 0 Å². The summed E-state index contributed by atoms with van der Waals surface area (Å²) in [6.45, 7) is 2.60. The maximum atomic E-state index is 13.9. The van der Waals surface area contributed by atoms with Gasteiger partial charge in [0.1, 0.15) is 11.5 Å². The summed E-state index contributed by atoms with van der Waals surface area (Å²) in [5.41, 5.74) is 5.50. The number of amides is 1. The molecular formula is C30H32N2O8. The number of aliphatic hydroxyl groups is 1. The molecule has 2 aromatic carbocycles. The van der Waals surface area contributed by atoms with Crippen LogP contribution in [-0.2, 0) is 45.1 Å². The number of phenols is 1. The average Bonchev–Trinajstić information content (AvgIpc) is 2.92. The SMILES string of the molecule is CCc1cc(CNCc2ccccc2OC)c(O)c2c1C[C@H]1C[C@H]3CC(=O)C(C(N)=O)C(=O)[C@@]3(O)C(=O)C1C2=O. The van der Waals surface area contributed by atoms with Gasteiger partial charge in [-0.15, -0.1) is 0 Å². The fraction of sp³-hybridized carbons (Fsp3) is 0.433. The average molecular weight is 549 g/mol. The van der Waals surface area contributed by atoms with Gasteiger partial charge in [0.25, 0.3) is 0 Å². The summed E-state index contributed by atoms with van der Waals surface area (Å²) in [6, 6.07) is 9.36. The number of methoxy groups -OCH3 is 1. The first-order valence-electron chi connectivity index (χ1n) is 13.4. The van der Waals surface area contributed by atoms with Crippen molar-refractivity contribution in [1.29, 1.82) is 0 Å². The van der Waals surface area contributed by atoms with Gasteiger partial charge in [-0.05, 0) is 42.4 Å². The van der Waals surface area contributed by atoms with E-state index in [0.29, 0.717) is 29.8 Å². The van der Waals surface area contributed by atoms with E-state index in [4.69, 9.17) is 10.5 Å². The van der Waals surface area contributed by atoms with E-state index in [0.717, 1.165) is 11.1 Å². The zero-order valence-corrected chi connectivity index (χ0v) is 22.4. The van der Waals surface area contributed by atoms with Crippen molar-refractivity contribution in [1.82, 2.24) is 5.32 Å². The Bertz CT molecular complexity index is 1450. The largest absolute Gasteiger partial charge is 0.507 e. The Kier molecular flexibility index (Phi) is 7.09. The number of Topliss-reactive ketones (excluding diaryl/α,β-unsaturated/α-hetero) is 4. The number of para-hydroxylation sites is 1. The minimum Gasteiger partial charge on any atom is -0.507 e. The molecule has 2 saturated carbocycles. The van der Waals surface area contributed by atoms with E-state index in [1.54, 1.807) is 7.11 Å². The van der Waals surface area contributed by atoms with Gasteiger partial charge in [-0.2, -0.15) is 0 Å². The number of ketones is 4. The van der Waals surface area contributed by atoms with Crippen molar-refractivity contribution in [3.63, 3.8) is 0 Å². The number of aryl methyl sites for hydroxylation is 1. The maximum absolute atomic E-state index is 13.9. The Balaban J connectivity index is 1.47. The zero-order chi connectivity index (χ0) is 28.9. The molecule has 210 valence electrons. The summed E-state index contributed by atoms with van der Waals surface area (Å²) in [6.07, 6.45) is 0.574. The Morgan fingerprint density at radius 2 is 1.77 bits per heavy atom. The highest BCUT2D eigenvalue weighted by Gasteiger charge is 2.66. The lowest BCUT2D eigenvalue weighted by atomic mass is 9.53. The smallest absolute Gasteiger partial charge is 0.235 e. The number of benzene rings is 2. The predicted molar refractivity (Wildman–Crippen MR) is 141 cm³/mol. The number of aromatic hydroxyl groups is 1. The molecule has 0 spiro atoms. The highest BCUT2D eigenvalue weighted by molar-refractivity contribution is 6.31. The van der Waals surface area contributed by atoms with Crippen LogP contribution in [0.1, 0.15) is 52.4 Å². The summed E-state index contributed by atoms with van der Waals surface area (Å²) in [5, 5.41) is 25.9. The third kappa shape index (κ3) is 4.13. The third-order valence-electron chi connectivity index (χ3n) is 8.78. The number of phenolic OH excluding ortho intramolecular Hbond substituents is 1. The van der Waals surface area contributed by atoms with Crippen molar-refractivity contribution in [3.05, 3.63) is 58.1 Å². The summed E-state index contributed by atoms with van der Waals surface area (Å²) in [4.78, 5) is 65.0. The van der Waals surface area contributed by atoms with Gasteiger partial charge < -0.3 is 26.0 Å². The summed E-state index contributed by atoms with van der Waals surface area (Å²) < 4.78 is 5.38. The summed E-state index contributed by atoms with van der Waals surface area (Å²) in [5.74, 6) is -9.32. The number of nitrogens with one attached hydrogen (secondary N) is 1. The first kappa shape index (κ1) is 27.7. The molecule has 0 saturated heterocycles. The normalized spacial score (nSPS) is 27.6. The molecule has 0 heterocycles.